The third-order valence-electron chi connectivity index (χ3n) is 4.05. The van der Waals surface area contributed by atoms with Crippen LogP contribution < -0.4 is 15.4 Å². The molecule has 2 rings (SSSR count). The molecule has 0 fully saturated rings. The van der Waals surface area contributed by atoms with Crippen molar-refractivity contribution in [2.24, 2.45) is 0 Å². The summed E-state index contributed by atoms with van der Waals surface area (Å²) < 4.78 is 5.51. The van der Waals surface area contributed by atoms with E-state index in [0.717, 1.165) is 4.88 Å². The van der Waals surface area contributed by atoms with Crippen LogP contribution in [0.2, 0.25) is 5.02 Å². The van der Waals surface area contributed by atoms with Crippen molar-refractivity contribution >= 4 is 46.3 Å². The normalized spacial score (nSPS) is 10.3. The topological polar surface area (TPSA) is 87.7 Å². The highest BCUT2D eigenvalue weighted by atomic mass is 35.5. The van der Waals surface area contributed by atoms with Gasteiger partial charge in [0, 0.05) is 30.6 Å². The molecule has 7 nitrogen and oxygen atoms in total. The summed E-state index contributed by atoms with van der Waals surface area (Å²) in [6, 6.07) is 8.35. The molecule has 1 aromatic carbocycles. The molecule has 0 radical (unpaired) electrons. The molecule has 0 aliphatic rings. The molecule has 2 N–H and O–H groups in total. The number of halogens is 1. The van der Waals surface area contributed by atoms with E-state index < -0.39 is 0 Å². The van der Waals surface area contributed by atoms with E-state index in [1.807, 2.05) is 13.8 Å². The lowest BCUT2D eigenvalue weighted by atomic mass is 10.3. The molecule has 0 aliphatic carbocycles. The van der Waals surface area contributed by atoms with Crippen LogP contribution in [0.1, 0.15) is 35.3 Å². The van der Waals surface area contributed by atoms with Gasteiger partial charge < -0.3 is 20.3 Å². The second kappa shape index (κ2) is 10.8. The van der Waals surface area contributed by atoms with Gasteiger partial charge in [0.1, 0.15) is 5.75 Å². The predicted molar refractivity (Wildman–Crippen MR) is 115 cm³/mol. The molecule has 0 aliphatic heterocycles. The number of nitrogens with zero attached hydrogens (tertiary/aromatic N) is 1. The van der Waals surface area contributed by atoms with Gasteiger partial charge in [0.15, 0.2) is 6.61 Å². The number of nitrogens with one attached hydrogen (secondary N) is 2. The molecular weight excluding hydrogens is 414 g/mol. The second-order valence-corrected chi connectivity index (χ2v) is 7.71. The second-order valence-electron chi connectivity index (χ2n) is 6.13. The van der Waals surface area contributed by atoms with Crippen LogP contribution in [0.4, 0.5) is 5.69 Å². The van der Waals surface area contributed by atoms with Crippen LogP contribution in [-0.2, 0) is 16.1 Å². The molecule has 29 heavy (non-hydrogen) atoms. The van der Waals surface area contributed by atoms with Crippen molar-refractivity contribution in [3.8, 4) is 5.75 Å². The number of benzene rings is 1. The Morgan fingerprint density at radius 1 is 1.14 bits per heavy atom. The predicted octanol–water partition coefficient (Wildman–Crippen LogP) is 3.54. The van der Waals surface area contributed by atoms with Crippen LogP contribution in [0.15, 0.2) is 30.3 Å². The lowest BCUT2D eigenvalue weighted by Gasteiger charge is -2.19. The number of carbonyl (C=O) groups is 3. The van der Waals surface area contributed by atoms with Crippen molar-refractivity contribution in [1.29, 1.82) is 0 Å². The number of rotatable bonds is 9. The number of anilines is 1. The number of likely N-dealkylation sites (N-methyl/N-ethyl adjacent to an activating group) is 1. The molecule has 9 heteroatoms. The highest BCUT2D eigenvalue weighted by Crippen LogP contribution is 2.28. The van der Waals surface area contributed by atoms with E-state index in [9.17, 15) is 14.4 Å². The maximum absolute atomic E-state index is 12.4. The summed E-state index contributed by atoms with van der Waals surface area (Å²) >= 11 is 7.53. The Morgan fingerprint density at radius 2 is 1.86 bits per heavy atom. The van der Waals surface area contributed by atoms with Crippen molar-refractivity contribution in [3.05, 3.63) is 45.1 Å². The van der Waals surface area contributed by atoms with E-state index in [2.05, 4.69) is 10.6 Å². The molecule has 0 saturated carbocycles. The Kier molecular flexibility index (Phi) is 8.48. The number of thiophene rings is 1. The standard InChI is InChI=1S/C20H24ClN3O4S/c1-4-24(5-2)19(26)12-28-17-8-6-14(10-16(17)21)23-20(27)18-9-7-15(29-18)11-22-13(3)25/h6-10H,4-5,11-12H2,1-3H3,(H,22,25)(H,23,27). The van der Waals surface area contributed by atoms with Crippen LogP contribution in [0.3, 0.4) is 0 Å². The third kappa shape index (κ3) is 6.76. The Hall–Kier alpha value is -2.58. The average molecular weight is 438 g/mol. The molecular formula is C20H24ClN3O4S. The van der Waals surface area contributed by atoms with E-state index >= 15 is 0 Å². The highest BCUT2D eigenvalue weighted by molar-refractivity contribution is 7.14. The van der Waals surface area contributed by atoms with Crippen LogP contribution >= 0.6 is 22.9 Å². The zero-order chi connectivity index (χ0) is 21.4. The summed E-state index contributed by atoms with van der Waals surface area (Å²) in [6.45, 7) is 6.78. The maximum Gasteiger partial charge on any atom is 0.265 e. The van der Waals surface area contributed by atoms with Crippen molar-refractivity contribution in [2.75, 3.05) is 25.0 Å². The largest absolute Gasteiger partial charge is 0.482 e. The van der Waals surface area contributed by atoms with Gasteiger partial charge in [-0.15, -0.1) is 11.3 Å². The Balaban J connectivity index is 1.95. The van der Waals surface area contributed by atoms with Crippen LogP contribution in [0.25, 0.3) is 0 Å². The van der Waals surface area contributed by atoms with Gasteiger partial charge in [-0.25, -0.2) is 0 Å². The number of carbonyl (C=O) groups excluding carboxylic acids is 3. The van der Waals surface area contributed by atoms with E-state index in [0.29, 0.717) is 41.0 Å². The molecule has 3 amide bonds. The van der Waals surface area contributed by atoms with E-state index in [4.69, 9.17) is 16.3 Å². The molecule has 0 atom stereocenters. The summed E-state index contributed by atoms with van der Waals surface area (Å²) in [5, 5.41) is 5.77. The van der Waals surface area contributed by atoms with Crippen LogP contribution in [-0.4, -0.2) is 42.3 Å². The minimum absolute atomic E-state index is 0.0978. The Morgan fingerprint density at radius 3 is 2.48 bits per heavy atom. The van der Waals surface area contributed by atoms with Gasteiger partial charge >= 0.3 is 0 Å². The van der Waals surface area contributed by atoms with Gasteiger partial charge in [-0.3, -0.25) is 14.4 Å². The average Bonchev–Trinajstić information content (AvgIpc) is 3.16. The minimum atomic E-state index is -0.273. The summed E-state index contributed by atoms with van der Waals surface area (Å²) in [4.78, 5) is 38.5. The monoisotopic (exact) mass is 437 g/mol. The fourth-order valence-corrected chi connectivity index (χ4v) is 3.58. The Bertz CT molecular complexity index is 880. The summed E-state index contributed by atoms with van der Waals surface area (Å²) in [6.07, 6.45) is 0. The molecule has 0 saturated heterocycles. The fraction of sp³-hybridized carbons (Fsp3) is 0.350. The zero-order valence-corrected chi connectivity index (χ0v) is 18.2. The molecule has 1 heterocycles. The van der Waals surface area contributed by atoms with Crippen molar-refractivity contribution in [1.82, 2.24) is 10.2 Å². The number of amides is 3. The Labute approximate surface area is 179 Å². The smallest absolute Gasteiger partial charge is 0.265 e. The SMILES string of the molecule is CCN(CC)C(=O)COc1ccc(NC(=O)c2ccc(CNC(C)=O)s2)cc1Cl. The molecule has 1 aromatic heterocycles. The van der Waals surface area contributed by atoms with Gasteiger partial charge in [0.2, 0.25) is 5.91 Å². The summed E-state index contributed by atoms with van der Waals surface area (Å²) in [5.41, 5.74) is 0.513. The molecule has 0 bridgehead atoms. The number of ether oxygens (including phenoxy) is 1. The van der Waals surface area contributed by atoms with E-state index in [1.54, 1.807) is 35.2 Å². The maximum atomic E-state index is 12.4. The quantitative estimate of drug-likeness (QED) is 0.628. The molecule has 2 aromatic rings. The van der Waals surface area contributed by atoms with Crippen LogP contribution in [0.5, 0.6) is 5.75 Å². The van der Waals surface area contributed by atoms with Gasteiger partial charge in [-0.05, 0) is 44.2 Å². The third-order valence-corrected chi connectivity index (χ3v) is 5.43. The van der Waals surface area contributed by atoms with Crippen LogP contribution in [0, 0.1) is 0 Å². The molecule has 0 spiro atoms. The van der Waals surface area contributed by atoms with Crippen molar-refractivity contribution in [3.63, 3.8) is 0 Å². The van der Waals surface area contributed by atoms with E-state index in [1.165, 1.54) is 18.3 Å². The summed E-state index contributed by atoms with van der Waals surface area (Å²) in [7, 11) is 0. The zero-order valence-electron chi connectivity index (χ0n) is 16.6. The highest BCUT2D eigenvalue weighted by Gasteiger charge is 2.13. The molecule has 156 valence electrons. The lowest BCUT2D eigenvalue weighted by molar-refractivity contribution is -0.133. The first-order chi connectivity index (χ1) is 13.8. The summed E-state index contributed by atoms with van der Waals surface area (Å²) in [5.74, 6) is -0.138. The van der Waals surface area contributed by atoms with Gasteiger partial charge in [0.05, 0.1) is 16.4 Å². The fourth-order valence-electron chi connectivity index (χ4n) is 2.50. The lowest BCUT2D eigenvalue weighted by Crippen LogP contribution is -2.34. The first kappa shape index (κ1) is 22.7. The first-order valence-corrected chi connectivity index (χ1v) is 10.4. The first-order valence-electron chi connectivity index (χ1n) is 9.18. The molecule has 0 unspecified atom stereocenters. The number of hydrogen-bond acceptors (Lipinski definition) is 5. The minimum Gasteiger partial charge on any atom is -0.482 e. The van der Waals surface area contributed by atoms with Crippen molar-refractivity contribution < 1.29 is 19.1 Å². The van der Waals surface area contributed by atoms with Gasteiger partial charge in [-0.1, -0.05) is 11.6 Å². The number of hydrogen-bond donors (Lipinski definition) is 2. The van der Waals surface area contributed by atoms with E-state index in [-0.39, 0.29) is 24.3 Å². The van der Waals surface area contributed by atoms with Gasteiger partial charge in [0.25, 0.3) is 11.8 Å². The van der Waals surface area contributed by atoms with Gasteiger partial charge in [-0.2, -0.15) is 0 Å². The van der Waals surface area contributed by atoms with Crippen molar-refractivity contribution in [2.45, 2.75) is 27.3 Å².